The number of carbonyl (C=O) groups is 2. The molecule has 1 amide bonds. The predicted octanol–water partition coefficient (Wildman–Crippen LogP) is 6.57. The van der Waals surface area contributed by atoms with Crippen LogP contribution in [0.4, 0.5) is 5.69 Å². The van der Waals surface area contributed by atoms with E-state index in [9.17, 15) is 14.7 Å². The molecule has 1 aromatic rings. The van der Waals surface area contributed by atoms with Crippen LogP contribution in [0.1, 0.15) is 71.1 Å². The van der Waals surface area contributed by atoms with Crippen molar-refractivity contribution in [3.8, 4) is 0 Å². The van der Waals surface area contributed by atoms with E-state index >= 15 is 0 Å². The maximum absolute atomic E-state index is 12.1. The molecular weight excluding hydrogens is 406 g/mol. The molecule has 2 N–H and O–H groups in total. The summed E-state index contributed by atoms with van der Waals surface area (Å²) in [6, 6.07) is 7.22. The second-order valence-corrected chi connectivity index (χ2v) is 7.83. The van der Waals surface area contributed by atoms with Gasteiger partial charge in [-0.15, -0.1) is 0 Å². The Morgan fingerprint density at radius 1 is 1.04 bits per heavy atom. The summed E-state index contributed by atoms with van der Waals surface area (Å²) in [5, 5.41) is 12.1. The van der Waals surface area contributed by atoms with Gasteiger partial charge in [-0.3, -0.25) is 9.59 Å². The molecule has 27 heavy (non-hydrogen) atoms. The minimum Gasteiger partial charge on any atom is -0.481 e. The first-order chi connectivity index (χ1) is 13.0. The average molecular weight is 438 g/mol. The summed E-state index contributed by atoms with van der Waals surface area (Å²) in [7, 11) is 0. The van der Waals surface area contributed by atoms with Crippen LogP contribution in [0.2, 0.25) is 0 Å². The number of carbonyl (C=O) groups excluding carboxylic acids is 1. The van der Waals surface area contributed by atoms with Gasteiger partial charge in [0.25, 0.3) is 0 Å². The van der Waals surface area contributed by atoms with Gasteiger partial charge in [0.2, 0.25) is 5.91 Å². The zero-order valence-electron chi connectivity index (χ0n) is 16.3. The van der Waals surface area contributed by atoms with Gasteiger partial charge in [0.1, 0.15) is 0 Å². The SMILES string of the molecule is CCCCCCCCC/C=C\C[C@H](CC(=O)Nc1ccc(Br)cc1)C(=O)O. The van der Waals surface area contributed by atoms with Crippen LogP contribution in [-0.4, -0.2) is 17.0 Å². The molecule has 0 aliphatic carbocycles. The Morgan fingerprint density at radius 3 is 2.30 bits per heavy atom. The number of rotatable bonds is 14. The van der Waals surface area contributed by atoms with Crippen LogP contribution in [0, 0.1) is 5.92 Å². The van der Waals surface area contributed by atoms with Crippen molar-refractivity contribution < 1.29 is 14.7 Å². The summed E-state index contributed by atoms with van der Waals surface area (Å²) in [5.74, 6) is -1.89. The number of halogens is 1. The van der Waals surface area contributed by atoms with Gasteiger partial charge in [0.05, 0.1) is 5.92 Å². The zero-order valence-corrected chi connectivity index (χ0v) is 17.8. The van der Waals surface area contributed by atoms with Crippen molar-refractivity contribution in [3.63, 3.8) is 0 Å². The van der Waals surface area contributed by atoms with Crippen LogP contribution in [-0.2, 0) is 9.59 Å². The standard InChI is InChI=1S/C22H32BrNO3/c1-2-3-4-5-6-7-8-9-10-11-12-18(22(26)27)17-21(25)24-20-15-13-19(23)14-16-20/h10-11,13-16,18H,2-9,12,17H2,1H3,(H,24,25)(H,26,27)/b11-10-/t18-/m1/s1. The highest BCUT2D eigenvalue weighted by molar-refractivity contribution is 9.10. The summed E-state index contributed by atoms with van der Waals surface area (Å²) >= 11 is 3.34. The van der Waals surface area contributed by atoms with Crippen LogP contribution in [0.25, 0.3) is 0 Å². The van der Waals surface area contributed by atoms with Crippen molar-refractivity contribution in [1.29, 1.82) is 0 Å². The molecule has 0 saturated carbocycles. The number of aliphatic carboxylic acids is 1. The van der Waals surface area contributed by atoms with Crippen molar-refractivity contribution in [1.82, 2.24) is 0 Å². The molecular formula is C22H32BrNO3. The van der Waals surface area contributed by atoms with E-state index in [1.807, 2.05) is 18.2 Å². The lowest BCUT2D eigenvalue weighted by Crippen LogP contribution is -2.21. The van der Waals surface area contributed by atoms with E-state index in [-0.39, 0.29) is 12.3 Å². The molecule has 0 fully saturated rings. The second-order valence-electron chi connectivity index (χ2n) is 6.91. The third-order valence-corrected chi connectivity index (χ3v) is 5.00. The molecule has 4 nitrogen and oxygen atoms in total. The maximum atomic E-state index is 12.1. The number of carboxylic acids is 1. The van der Waals surface area contributed by atoms with Crippen molar-refractivity contribution in [2.24, 2.45) is 5.92 Å². The van der Waals surface area contributed by atoms with Gasteiger partial charge in [0.15, 0.2) is 0 Å². The highest BCUT2D eigenvalue weighted by Crippen LogP contribution is 2.17. The van der Waals surface area contributed by atoms with Crippen molar-refractivity contribution in [2.75, 3.05) is 5.32 Å². The summed E-state index contributed by atoms with van der Waals surface area (Å²) in [6.07, 6.45) is 14.2. The van der Waals surface area contributed by atoms with E-state index in [0.717, 1.165) is 17.3 Å². The van der Waals surface area contributed by atoms with Crippen LogP contribution in [0.15, 0.2) is 40.9 Å². The fourth-order valence-corrected chi connectivity index (χ4v) is 3.10. The van der Waals surface area contributed by atoms with Crippen molar-refractivity contribution >= 4 is 33.5 Å². The topological polar surface area (TPSA) is 66.4 Å². The summed E-state index contributed by atoms with van der Waals surface area (Å²) < 4.78 is 0.926. The first-order valence-corrected chi connectivity index (χ1v) is 10.8. The zero-order chi connectivity index (χ0) is 19.9. The number of nitrogens with one attached hydrogen (secondary N) is 1. The molecule has 0 bridgehead atoms. The monoisotopic (exact) mass is 437 g/mol. The smallest absolute Gasteiger partial charge is 0.307 e. The van der Waals surface area contributed by atoms with Gasteiger partial charge in [-0.25, -0.2) is 0 Å². The molecule has 5 heteroatoms. The van der Waals surface area contributed by atoms with E-state index in [1.54, 1.807) is 12.1 Å². The Hall–Kier alpha value is -1.62. The molecule has 0 saturated heterocycles. The molecule has 1 aromatic carbocycles. The Kier molecular flexibility index (Phi) is 12.5. The number of benzene rings is 1. The summed E-state index contributed by atoms with van der Waals surface area (Å²) in [6.45, 7) is 2.22. The Balaban J connectivity index is 2.25. The molecule has 0 radical (unpaired) electrons. The predicted molar refractivity (Wildman–Crippen MR) is 115 cm³/mol. The first-order valence-electron chi connectivity index (χ1n) is 9.96. The number of allylic oxidation sites excluding steroid dienone is 2. The van der Waals surface area contributed by atoms with Gasteiger partial charge in [-0.2, -0.15) is 0 Å². The highest BCUT2D eigenvalue weighted by atomic mass is 79.9. The highest BCUT2D eigenvalue weighted by Gasteiger charge is 2.20. The molecule has 1 rings (SSSR count). The number of hydrogen-bond acceptors (Lipinski definition) is 2. The average Bonchev–Trinajstić information content (AvgIpc) is 2.64. The molecule has 1 atom stereocenters. The largest absolute Gasteiger partial charge is 0.481 e. The van der Waals surface area contributed by atoms with Gasteiger partial charge < -0.3 is 10.4 Å². The van der Waals surface area contributed by atoms with E-state index < -0.39 is 11.9 Å². The Labute approximate surface area is 171 Å². The van der Waals surface area contributed by atoms with E-state index in [4.69, 9.17) is 0 Å². The molecule has 0 aromatic heterocycles. The van der Waals surface area contributed by atoms with Gasteiger partial charge in [0, 0.05) is 16.6 Å². The quantitative estimate of drug-likeness (QED) is 0.255. The van der Waals surface area contributed by atoms with Crippen molar-refractivity contribution in [2.45, 2.75) is 71.1 Å². The van der Waals surface area contributed by atoms with E-state index in [0.29, 0.717) is 12.1 Å². The number of hydrogen-bond donors (Lipinski definition) is 2. The second kappa shape index (κ2) is 14.4. The van der Waals surface area contributed by atoms with Crippen LogP contribution < -0.4 is 5.32 Å². The normalized spacial score (nSPS) is 12.2. The number of amides is 1. The molecule has 0 aliphatic heterocycles. The fourth-order valence-electron chi connectivity index (χ4n) is 2.84. The van der Waals surface area contributed by atoms with Gasteiger partial charge in [-0.1, -0.05) is 73.5 Å². The van der Waals surface area contributed by atoms with Gasteiger partial charge >= 0.3 is 5.97 Å². The Morgan fingerprint density at radius 2 is 1.67 bits per heavy atom. The van der Waals surface area contributed by atoms with E-state index in [1.165, 1.54) is 38.5 Å². The number of unbranched alkanes of at least 4 members (excludes halogenated alkanes) is 7. The lowest BCUT2D eigenvalue weighted by atomic mass is 10.00. The summed E-state index contributed by atoms with van der Waals surface area (Å²) in [4.78, 5) is 23.5. The minimum atomic E-state index is -0.929. The third-order valence-electron chi connectivity index (χ3n) is 4.47. The molecule has 150 valence electrons. The first kappa shape index (κ1) is 23.4. The molecule has 0 unspecified atom stereocenters. The molecule has 0 aliphatic rings. The fraction of sp³-hybridized carbons (Fsp3) is 0.545. The van der Waals surface area contributed by atoms with Crippen LogP contribution in [0.3, 0.4) is 0 Å². The lowest BCUT2D eigenvalue weighted by molar-refractivity contribution is -0.143. The lowest BCUT2D eigenvalue weighted by Gasteiger charge is -2.10. The third kappa shape index (κ3) is 11.6. The minimum absolute atomic E-state index is 0.0207. The molecule has 0 spiro atoms. The van der Waals surface area contributed by atoms with Gasteiger partial charge in [-0.05, 0) is 43.5 Å². The van der Waals surface area contributed by atoms with Crippen LogP contribution in [0.5, 0.6) is 0 Å². The van der Waals surface area contributed by atoms with Crippen LogP contribution >= 0.6 is 15.9 Å². The summed E-state index contributed by atoms with van der Waals surface area (Å²) in [5.41, 5.74) is 0.668. The van der Waals surface area contributed by atoms with Crippen molar-refractivity contribution in [3.05, 3.63) is 40.9 Å². The van der Waals surface area contributed by atoms with E-state index in [2.05, 4.69) is 34.2 Å². The maximum Gasteiger partial charge on any atom is 0.307 e. The number of anilines is 1. The molecule has 0 heterocycles. The Bertz CT molecular complexity index is 584. The number of carboxylic acid groups (broad SMARTS) is 1.